The van der Waals surface area contributed by atoms with Crippen molar-refractivity contribution in [1.82, 2.24) is 14.9 Å². The number of amides is 1. The zero-order valence-electron chi connectivity index (χ0n) is 13.8. The van der Waals surface area contributed by atoms with Crippen LogP contribution in [0.5, 0.6) is 5.75 Å². The molecule has 1 saturated carbocycles. The lowest BCUT2D eigenvalue weighted by Crippen LogP contribution is -2.31. The van der Waals surface area contributed by atoms with Crippen LogP contribution in [0, 0.1) is 0 Å². The second-order valence-electron chi connectivity index (χ2n) is 6.68. The second-order valence-corrected chi connectivity index (χ2v) is 6.68. The molecule has 1 amide bonds. The monoisotopic (exact) mass is 323 g/mol. The Bertz CT molecular complexity index is 782. The molecule has 0 radical (unpaired) electrons. The molecule has 2 aromatic rings. The minimum atomic E-state index is 0.115. The summed E-state index contributed by atoms with van der Waals surface area (Å²) in [6.45, 7) is 3.05. The maximum atomic E-state index is 11.7. The van der Waals surface area contributed by atoms with Crippen LogP contribution in [0.4, 0.5) is 0 Å². The molecule has 1 aromatic heterocycles. The van der Waals surface area contributed by atoms with Gasteiger partial charge in [-0.15, -0.1) is 0 Å². The second kappa shape index (κ2) is 5.89. The Morgan fingerprint density at radius 2 is 1.83 bits per heavy atom. The minimum absolute atomic E-state index is 0.115. The van der Waals surface area contributed by atoms with Gasteiger partial charge >= 0.3 is 0 Å². The number of hydrogen-bond acceptors (Lipinski definition) is 4. The predicted molar refractivity (Wildman–Crippen MR) is 90.8 cm³/mol. The summed E-state index contributed by atoms with van der Waals surface area (Å²) >= 11 is 0. The van der Waals surface area contributed by atoms with Gasteiger partial charge in [0.15, 0.2) is 0 Å². The Morgan fingerprint density at radius 1 is 1.12 bits per heavy atom. The Balaban J connectivity index is 1.79. The summed E-state index contributed by atoms with van der Waals surface area (Å²) in [6.07, 6.45) is 3.87. The Hall–Kier alpha value is -2.43. The van der Waals surface area contributed by atoms with E-state index in [1.54, 1.807) is 19.1 Å². The number of rotatable bonds is 2. The fourth-order valence-corrected chi connectivity index (χ4v) is 3.32. The fraction of sp³-hybridized carbons (Fsp3) is 0.421. The molecule has 1 aliphatic heterocycles. The van der Waals surface area contributed by atoms with Gasteiger partial charge in [-0.2, -0.15) is 0 Å². The van der Waals surface area contributed by atoms with Crippen LogP contribution in [-0.4, -0.2) is 39.0 Å². The number of nitrogens with zero attached hydrogens (tertiary/aromatic N) is 3. The molecule has 0 spiro atoms. The van der Waals surface area contributed by atoms with Crippen molar-refractivity contribution in [2.45, 2.75) is 38.5 Å². The number of phenols is 1. The van der Waals surface area contributed by atoms with E-state index < -0.39 is 0 Å². The molecule has 1 fully saturated rings. The van der Waals surface area contributed by atoms with Crippen LogP contribution < -0.4 is 0 Å². The predicted octanol–water partition coefficient (Wildman–Crippen LogP) is 2.67. The Morgan fingerprint density at radius 3 is 2.50 bits per heavy atom. The highest BCUT2D eigenvalue weighted by Gasteiger charge is 2.30. The highest BCUT2D eigenvalue weighted by Crippen LogP contribution is 2.40. The van der Waals surface area contributed by atoms with Crippen LogP contribution in [0.15, 0.2) is 24.3 Å². The molecule has 124 valence electrons. The van der Waals surface area contributed by atoms with Crippen molar-refractivity contribution < 1.29 is 9.90 Å². The number of phenolic OH excluding ortho intramolecular Hbond substituents is 1. The van der Waals surface area contributed by atoms with Gasteiger partial charge in [0.05, 0.1) is 5.69 Å². The molecule has 1 N–H and O–H groups in total. The SMILES string of the molecule is CC(=O)N1CCc2nc(C3CC3)nc(-c3ccc(O)cc3)c2CC1. The average molecular weight is 323 g/mol. The van der Waals surface area contributed by atoms with Gasteiger partial charge in [0.25, 0.3) is 0 Å². The summed E-state index contributed by atoms with van der Waals surface area (Å²) in [7, 11) is 0. The molecule has 24 heavy (non-hydrogen) atoms. The largest absolute Gasteiger partial charge is 0.508 e. The smallest absolute Gasteiger partial charge is 0.219 e. The molecule has 1 aliphatic carbocycles. The Kier molecular flexibility index (Phi) is 3.71. The van der Waals surface area contributed by atoms with Gasteiger partial charge in [-0.3, -0.25) is 4.79 Å². The first-order valence-electron chi connectivity index (χ1n) is 8.56. The Labute approximate surface area is 141 Å². The quantitative estimate of drug-likeness (QED) is 0.923. The first kappa shape index (κ1) is 15.1. The van der Waals surface area contributed by atoms with Crippen LogP contribution >= 0.6 is 0 Å². The van der Waals surface area contributed by atoms with E-state index in [1.165, 1.54) is 0 Å². The van der Waals surface area contributed by atoms with Gasteiger partial charge in [-0.05, 0) is 43.5 Å². The van der Waals surface area contributed by atoms with E-state index in [0.717, 1.165) is 60.6 Å². The summed E-state index contributed by atoms with van der Waals surface area (Å²) < 4.78 is 0. The molecule has 2 aliphatic rings. The fourth-order valence-electron chi connectivity index (χ4n) is 3.32. The van der Waals surface area contributed by atoms with Crippen LogP contribution in [0.25, 0.3) is 11.3 Å². The number of benzene rings is 1. The molecule has 5 nitrogen and oxygen atoms in total. The van der Waals surface area contributed by atoms with Crippen LogP contribution in [-0.2, 0) is 17.6 Å². The third kappa shape index (κ3) is 2.86. The zero-order chi connectivity index (χ0) is 16.7. The van der Waals surface area contributed by atoms with Gasteiger partial charge < -0.3 is 10.0 Å². The number of carbonyl (C=O) groups is 1. The van der Waals surface area contributed by atoms with E-state index in [0.29, 0.717) is 12.5 Å². The summed E-state index contributed by atoms with van der Waals surface area (Å²) in [6, 6.07) is 7.20. The topological polar surface area (TPSA) is 66.3 Å². The molecule has 5 heteroatoms. The van der Waals surface area contributed by atoms with Crippen LogP contribution in [0.3, 0.4) is 0 Å². The lowest BCUT2D eigenvalue weighted by atomic mass is 10.0. The molecule has 0 unspecified atom stereocenters. The van der Waals surface area contributed by atoms with Crippen LogP contribution in [0.2, 0.25) is 0 Å². The first-order valence-corrected chi connectivity index (χ1v) is 8.56. The molecule has 0 atom stereocenters. The van der Waals surface area contributed by atoms with Crippen molar-refractivity contribution in [1.29, 1.82) is 0 Å². The van der Waals surface area contributed by atoms with Gasteiger partial charge in [0, 0.05) is 49.2 Å². The van der Waals surface area contributed by atoms with Crippen molar-refractivity contribution in [3.63, 3.8) is 0 Å². The third-order valence-corrected chi connectivity index (χ3v) is 4.89. The number of aromatic hydroxyl groups is 1. The number of hydrogen-bond donors (Lipinski definition) is 1. The molecule has 1 aromatic carbocycles. The van der Waals surface area contributed by atoms with Gasteiger partial charge in [-0.1, -0.05) is 0 Å². The number of carbonyl (C=O) groups excluding carboxylic acids is 1. The molecule has 0 saturated heterocycles. The maximum Gasteiger partial charge on any atom is 0.219 e. The van der Waals surface area contributed by atoms with E-state index in [9.17, 15) is 9.90 Å². The maximum absolute atomic E-state index is 11.7. The van der Waals surface area contributed by atoms with E-state index in [4.69, 9.17) is 9.97 Å². The lowest BCUT2D eigenvalue weighted by molar-refractivity contribution is -0.128. The van der Waals surface area contributed by atoms with E-state index >= 15 is 0 Å². The molecular weight excluding hydrogens is 302 g/mol. The summed E-state index contributed by atoms with van der Waals surface area (Å²) in [5, 5.41) is 9.56. The summed E-state index contributed by atoms with van der Waals surface area (Å²) in [5.41, 5.74) is 4.20. The average Bonchev–Trinajstić information content (AvgIpc) is 3.41. The highest BCUT2D eigenvalue weighted by molar-refractivity contribution is 5.73. The minimum Gasteiger partial charge on any atom is -0.508 e. The molecular formula is C19H21N3O2. The third-order valence-electron chi connectivity index (χ3n) is 4.89. The van der Waals surface area contributed by atoms with E-state index in [1.807, 2.05) is 17.0 Å². The number of aromatic nitrogens is 2. The normalized spacial score (nSPS) is 17.3. The highest BCUT2D eigenvalue weighted by atomic mass is 16.3. The summed E-state index contributed by atoms with van der Waals surface area (Å²) in [5.74, 6) is 1.79. The van der Waals surface area contributed by atoms with Crippen molar-refractivity contribution in [3.05, 3.63) is 41.3 Å². The number of fused-ring (bicyclic) bond motifs is 1. The van der Waals surface area contributed by atoms with Crippen LogP contribution in [0.1, 0.15) is 42.8 Å². The zero-order valence-corrected chi connectivity index (χ0v) is 13.8. The van der Waals surface area contributed by atoms with Crippen molar-refractivity contribution >= 4 is 5.91 Å². The van der Waals surface area contributed by atoms with Crippen molar-refractivity contribution in [2.24, 2.45) is 0 Å². The molecule has 4 rings (SSSR count). The van der Waals surface area contributed by atoms with Crippen molar-refractivity contribution in [2.75, 3.05) is 13.1 Å². The lowest BCUT2D eigenvalue weighted by Gasteiger charge is -2.17. The van der Waals surface area contributed by atoms with Crippen molar-refractivity contribution in [3.8, 4) is 17.0 Å². The van der Waals surface area contributed by atoms with Gasteiger partial charge in [-0.25, -0.2) is 9.97 Å². The standard InChI is InChI=1S/C19H21N3O2/c1-12(23)22-10-8-16-17(9-11-22)20-19(14-2-3-14)21-18(16)13-4-6-15(24)7-5-13/h4-7,14,24H,2-3,8-11H2,1H3. The summed E-state index contributed by atoms with van der Waals surface area (Å²) in [4.78, 5) is 23.3. The van der Waals surface area contributed by atoms with Gasteiger partial charge in [0.1, 0.15) is 11.6 Å². The molecule has 0 bridgehead atoms. The first-order chi connectivity index (χ1) is 11.6. The van der Waals surface area contributed by atoms with E-state index in [-0.39, 0.29) is 11.7 Å². The molecule has 2 heterocycles. The van der Waals surface area contributed by atoms with E-state index in [2.05, 4.69) is 0 Å². The van der Waals surface area contributed by atoms with Gasteiger partial charge in [0.2, 0.25) is 5.91 Å².